The van der Waals surface area contributed by atoms with Gasteiger partial charge in [-0.15, -0.1) is 0 Å². The Hall–Kier alpha value is -0.860. The van der Waals surface area contributed by atoms with Gasteiger partial charge in [0.05, 0.1) is 0 Å². The van der Waals surface area contributed by atoms with Crippen LogP contribution < -0.4 is 5.32 Å². The predicted molar refractivity (Wildman–Crippen MR) is 86.6 cm³/mol. The maximum Gasteiger partial charge on any atom is 0.0230 e. The molecule has 0 radical (unpaired) electrons. The summed E-state index contributed by atoms with van der Waals surface area (Å²) in [6.45, 7) is 6.83. The second kappa shape index (κ2) is 7.24. The number of rotatable bonds is 5. The van der Waals surface area contributed by atoms with E-state index in [0.29, 0.717) is 6.04 Å². The fourth-order valence-electron chi connectivity index (χ4n) is 3.21. The summed E-state index contributed by atoms with van der Waals surface area (Å²) in [5.41, 5.74) is 2.90. The molecule has 1 fully saturated rings. The minimum absolute atomic E-state index is 0.702. The quantitative estimate of drug-likeness (QED) is 0.881. The molecule has 2 nitrogen and oxygen atoms in total. The SMILES string of the molecule is CC1CCC(NCc2ccccc2CN(C)C)CC1C. The van der Waals surface area contributed by atoms with E-state index in [0.717, 1.165) is 24.9 Å². The van der Waals surface area contributed by atoms with Crippen molar-refractivity contribution in [2.75, 3.05) is 14.1 Å². The van der Waals surface area contributed by atoms with E-state index >= 15 is 0 Å². The van der Waals surface area contributed by atoms with Gasteiger partial charge in [-0.1, -0.05) is 38.1 Å². The fraction of sp³-hybridized carbons (Fsp3) is 0.667. The Balaban J connectivity index is 1.90. The van der Waals surface area contributed by atoms with Gasteiger partial charge in [0.2, 0.25) is 0 Å². The van der Waals surface area contributed by atoms with Crippen LogP contribution >= 0.6 is 0 Å². The first-order valence-electron chi connectivity index (χ1n) is 8.01. The molecule has 1 aliphatic rings. The Morgan fingerprint density at radius 1 is 1.05 bits per heavy atom. The molecule has 0 bridgehead atoms. The van der Waals surface area contributed by atoms with Gasteiger partial charge in [0.1, 0.15) is 0 Å². The lowest BCUT2D eigenvalue weighted by atomic mass is 9.79. The lowest BCUT2D eigenvalue weighted by Gasteiger charge is -2.32. The summed E-state index contributed by atoms with van der Waals surface area (Å²) in [6.07, 6.45) is 4.04. The fourth-order valence-corrected chi connectivity index (χ4v) is 3.21. The van der Waals surface area contributed by atoms with Crippen molar-refractivity contribution >= 4 is 0 Å². The van der Waals surface area contributed by atoms with Crippen molar-refractivity contribution in [2.24, 2.45) is 11.8 Å². The average molecular weight is 274 g/mol. The van der Waals surface area contributed by atoms with Crippen molar-refractivity contribution in [3.63, 3.8) is 0 Å². The van der Waals surface area contributed by atoms with Crippen molar-refractivity contribution in [1.82, 2.24) is 10.2 Å². The highest BCUT2D eigenvalue weighted by Gasteiger charge is 2.24. The Kier molecular flexibility index (Phi) is 5.62. The van der Waals surface area contributed by atoms with Gasteiger partial charge in [0, 0.05) is 19.1 Å². The van der Waals surface area contributed by atoms with Crippen LogP contribution in [-0.4, -0.2) is 25.0 Å². The van der Waals surface area contributed by atoms with Gasteiger partial charge in [0.15, 0.2) is 0 Å². The molecule has 20 heavy (non-hydrogen) atoms. The number of hydrogen-bond acceptors (Lipinski definition) is 2. The molecule has 1 aliphatic carbocycles. The van der Waals surface area contributed by atoms with E-state index in [1.807, 2.05) is 0 Å². The van der Waals surface area contributed by atoms with Gasteiger partial charge in [-0.2, -0.15) is 0 Å². The second-order valence-electron chi connectivity index (χ2n) is 6.85. The number of nitrogens with one attached hydrogen (secondary N) is 1. The van der Waals surface area contributed by atoms with Gasteiger partial charge in [-0.3, -0.25) is 0 Å². The zero-order chi connectivity index (χ0) is 14.5. The Labute approximate surface area is 124 Å². The third-order valence-electron chi connectivity index (χ3n) is 4.78. The molecule has 1 aromatic carbocycles. The monoisotopic (exact) mass is 274 g/mol. The molecule has 112 valence electrons. The van der Waals surface area contributed by atoms with Crippen LogP contribution in [0, 0.1) is 11.8 Å². The lowest BCUT2D eigenvalue weighted by molar-refractivity contribution is 0.225. The van der Waals surface area contributed by atoms with Crippen LogP contribution in [0.15, 0.2) is 24.3 Å². The molecule has 3 atom stereocenters. The second-order valence-corrected chi connectivity index (χ2v) is 6.85. The van der Waals surface area contributed by atoms with E-state index in [9.17, 15) is 0 Å². The highest BCUT2D eigenvalue weighted by molar-refractivity contribution is 5.27. The highest BCUT2D eigenvalue weighted by Crippen LogP contribution is 2.29. The van der Waals surface area contributed by atoms with Crippen molar-refractivity contribution in [3.05, 3.63) is 35.4 Å². The number of benzene rings is 1. The normalized spacial score (nSPS) is 26.9. The van der Waals surface area contributed by atoms with Gasteiger partial charge in [-0.05, 0) is 56.3 Å². The molecule has 1 aromatic rings. The van der Waals surface area contributed by atoms with Crippen LogP contribution in [0.4, 0.5) is 0 Å². The summed E-state index contributed by atoms with van der Waals surface area (Å²) in [7, 11) is 4.27. The van der Waals surface area contributed by atoms with E-state index in [1.165, 1.54) is 30.4 Å². The Bertz CT molecular complexity index is 414. The Morgan fingerprint density at radius 2 is 1.75 bits per heavy atom. The summed E-state index contributed by atoms with van der Waals surface area (Å²) in [4.78, 5) is 2.24. The molecule has 1 N–H and O–H groups in total. The molecule has 0 heterocycles. The standard InChI is InChI=1S/C18H30N2/c1-14-9-10-18(11-15(14)2)19-12-16-7-5-6-8-17(16)13-20(3)4/h5-8,14-15,18-19H,9-13H2,1-4H3. The van der Waals surface area contributed by atoms with E-state index in [1.54, 1.807) is 0 Å². The van der Waals surface area contributed by atoms with E-state index < -0.39 is 0 Å². The first kappa shape index (κ1) is 15.5. The van der Waals surface area contributed by atoms with Gasteiger partial charge in [-0.25, -0.2) is 0 Å². The largest absolute Gasteiger partial charge is 0.310 e. The molecule has 0 spiro atoms. The zero-order valence-electron chi connectivity index (χ0n) is 13.5. The number of nitrogens with zero attached hydrogens (tertiary/aromatic N) is 1. The summed E-state index contributed by atoms with van der Waals surface area (Å²) in [5, 5.41) is 3.78. The predicted octanol–water partition coefficient (Wildman–Crippen LogP) is 3.66. The number of hydrogen-bond donors (Lipinski definition) is 1. The summed E-state index contributed by atoms with van der Waals surface area (Å²) in [5.74, 6) is 1.76. The van der Waals surface area contributed by atoms with Crippen molar-refractivity contribution in [3.8, 4) is 0 Å². The van der Waals surface area contributed by atoms with Crippen LogP contribution in [0.25, 0.3) is 0 Å². The molecule has 0 saturated heterocycles. The molecule has 0 amide bonds. The molecular formula is C18H30N2. The van der Waals surface area contributed by atoms with Crippen molar-refractivity contribution in [2.45, 2.75) is 52.2 Å². The summed E-state index contributed by atoms with van der Waals surface area (Å²) in [6, 6.07) is 9.52. The maximum atomic E-state index is 3.78. The molecule has 2 rings (SSSR count). The Morgan fingerprint density at radius 3 is 2.40 bits per heavy atom. The molecule has 0 aromatic heterocycles. The van der Waals surface area contributed by atoms with Crippen LogP contribution in [0.3, 0.4) is 0 Å². The van der Waals surface area contributed by atoms with Crippen LogP contribution in [0.1, 0.15) is 44.2 Å². The minimum atomic E-state index is 0.702. The zero-order valence-corrected chi connectivity index (χ0v) is 13.5. The molecule has 3 unspecified atom stereocenters. The average Bonchev–Trinajstić information content (AvgIpc) is 2.41. The van der Waals surface area contributed by atoms with Crippen LogP contribution in [0.5, 0.6) is 0 Å². The van der Waals surface area contributed by atoms with E-state index in [4.69, 9.17) is 0 Å². The molecular weight excluding hydrogens is 244 g/mol. The van der Waals surface area contributed by atoms with Crippen molar-refractivity contribution in [1.29, 1.82) is 0 Å². The molecule has 2 heteroatoms. The summed E-state index contributed by atoms with van der Waals surface area (Å²) < 4.78 is 0. The lowest BCUT2D eigenvalue weighted by Crippen LogP contribution is -2.36. The first-order chi connectivity index (χ1) is 9.56. The van der Waals surface area contributed by atoms with E-state index in [-0.39, 0.29) is 0 Å². The third kappa shape index (κ3) is 4.32. The van der Waals surface area contributed by atoms with E-state index in [2.05, 4.69) is 62.4 Å². The van der Waals surface area contributed by atoms with Crippen LogP contribution in [0.2, 0.25) is 0 Å². The smallest absolute Gasteiger partial charge is 0.0230 e. The minimum Gasteiger partial charge on any atom is -0.310 e. The summed E-state index contributed by atoms with van der Waals surface area (Å²) >= 11 is 0. The highest BCUT2D eigenvalue weighted by atomic mass is 15.0. The molecule has 0 aliphatic heterocycles. The first-order valence-corrected chi connectivity index (χ1v) is 8.01. The maximum absolute atomic E-state index is 3.78. The van der Waals surface area contributed by atoms with Gasteiger partial charge < -0.3 is 10.2 Å². The molecule has 1 saturated carbocycles. The van der Waals surface area contributed by atoms with Gasteiger partial charge >= 0.3 is 0 Å². The third-order valence-corrected chi connectivity index (χ3v) is 4.78. The van der Waals surface area contributed by atoms with Crippen LogP contribution in [-0.2, 0) is 13.1 Å². The topological polar surface area (TPSA) is 15.3 Å². The van der Waals surface area contributed by atoms with Gasteiger partial charge in [0.25, 0.3) is 0 Å². The van der Waals surface area contributed by atoms with Crippen molar-refractivity contribution < 1.29 is 0 Å².